The molecule has 0 aliphatic heterocycles. The Labute approximate surface area is 123 Å². The lowest BCUT2D eigenvalue weighted by Crippen LogP contribution is -2.08. The van der Waals surface area contributed by atoms with Gasteiger partial charge in [0.25, 0.3) is 0 Å². The Hall–Kier alpha value is -2.17. The summed E-state index contributed by atoms with van der Waals surface area (Å²) in [6.07, 6.45) is 1.56. The second-order valence-corrected chi connectivity index (χ2v) is 4.79. The lowest BCUT2D eigenvalue weighted by molar-refractivity contribution is 0.580. The fraction of sp³-hybridized carbons (Fsp3) is 0.312. The summed E-state index contributed by atoms with van der Waals surface area (Å²) in [6, 6.07) is 9.25. The number of hydrogen-bond donors (Lipinski definition) is 2. The van der Waals surface area contributed by atoms with Gasteiger partial charge in [-0.2, -0.15) is 0 Å². The molecule has 21 heavy (non-hydrogen) atoms. The third kappa shape index (κ3) is 5.02. The van der Waals surface area contributed by atoms with E-state index < -0.39 is 11.6 Å². The minimum absolute atomic E-state index is 0.531. The molecule has 3 nitrogen and oxygen atoms in total. The third-order valence-electron chi connectivity index (χ3n) is 2.95. The number of benzene rings is 1. The van der Waals surface area contributed by atoms with Crippen LogP contribution in [0.15, 0.2) is 36.4 Å². The van der Waals surface area contributed by atoms with Gasteiger partial charge in [0.15, 0.2) is 0 Å². The zero-order valence-corrected chi connectivity index (χ0v) is 12.0. The van der Waals surface area contributed by atoms with Crippen molar-refractivity contribution in [3.05, 3.63) is 53.6 Å². The summed E-state index contributed by atoms with van der Waals surface area (Å²) in [4.78, 5) is 4.41. The zero-order valence-electron chi connectivity index (χ0n) is 12.0. The predicted octanol–water partition coefficient (Wildman–Crippen LogP) is 3.84. The van der Waals surface area contributed by atoms with Crippen molar-refractivity contribution in [1.82, 2.24) is 4.98 Å². The van der Waals surface area contributed by atoms with Crippen molar-refractivity contribution >= 4 is 11.6 Å². The van der Waals surface area contributed by atoms with Gasteiger partial charge in [0.05, 0.1) is 0 Å². The first kappa shape index (κ1) is 15.2. The average molecular weight is 291 g/mol. The maximum atomic E-state index is 13.1. The molecule has 2 rings (SSSR count). The van der Waals surface area contributed by atoms with Crippen LogP contribution in [0.5, 0.6) is 0 Å². The smallest absolute Gasteiger partial charge is 0.128 e. The molecule has 0 spiro atoms. The standard InChI is InChI=1S/C16H19F2N3/c1-2-7-19-15-4-3-5-16(21-15)20-8-6-12-9-13(17)11-14(18)10-12/h3-5,9-11H,2,6-8H2,1H3,(H2,19,20,21). The molecule has 0 aliphatic carbocycles. The second-order valence-electron chi connectivity index (χ2n) is 4.79. The first-order valence-electron chi connectivity index (χ1n) is 7.07. The Bertz CT molecular complexity index is 567. The van der Waals surface area contributed by atoms with Crippen LogP contribution in [0.3, 0.4) is 0 Å². The van der Waals surface area contributed by atoms with Gasteiger partial charge in [0.1, 0.15) is 23.3 Å². The highest BCUT2D eigenvalue weighted by atomic mass is 19.1. The molecule has 0 bridgehead atoms. The van der Waals surface area contributed by atoms with E-state index in [0.29, 0.717) is 18.5 Å². The summed E-state index contributed by atoms with van der Waals surface area (Å²) in [5.41, 5.74) is 0.625. The number of aromatic nitrogens is 1. The molecule has 0 saturated carbocycles. The predicted molar refractivity (Wildman–Crippen MR) is 81.6 cm³/mol. The van der Waals surface area contributed by atoms with Crippen molar-refractivity contribution in [1.29, 1.82) is 0 Å². The number of anilines is 2. The Morgan fingerprint density at radius 3 is 2.19 bits per heavy atom. The van der Waals surface area contributed by atoms with Crippen LogP contribution in [0.25, 0.3) is 0 Å². The van der Waals surface area contributed by atoms with Crippen molar-refractivity contribution < 1.29 is 8.78 Å². The van der Waals surface area contributed by atoms with Gasteiger partial charge in [0, 0.05) is 19.2 Å². The van der Waals surface area contributed by atoms with E-state index in [-0.39, 0.29) is 0 Å². The summed E-state index contributed by atoms with van der Waals surface area (Å²) >= 11 is 0. The van der Waals surface area contributed by atoms with Crippen LogP contribution in [-0.4, -0.2) is 18.1 Å². The van der Waals surface area contributed by atoms with Crippen LogP contribution in [0, 0.1) is 11.6 Å². The number of nitrogens with one attached hydrogen (secondary N) is 2. The highest BCUT2D eigenvalue weighted by Gasteiger charge is 2.01. The molecule has 1 heterocycles. The number of pyridine rings is 1. The zero-order chi connectivity index (χ0) is 15.1. The second kappa shape index (κ2) is 7.57. The number of rotatable bonds is 7. The van der Waals surface area contributed by atoms with Crippen molar-refractivity contribution in [2.24, 2.45) is 0 Å². The minimum atomic E-state index is -0.547. The lowest BCUT2D eigenvalue weighted by Gasteiger charge is -2.09. The van der Waals surface area contributed by atoms with E-state index in [0.717, 1.165) is 30.7 Å². The van der Waals surface area contributed by atoms with Gasteiger partial charge in [-0.3, -0.25) is 0 Å². The van der Waals surface area contributed by atoms with Crippen LogP contribution in [-0.2, 0) is 6.42 Å². The van der Waals surface area contributed by atoms with Crippen molar-refractivity contribution in [3.63, 3.8) is 0 Å². The Morgan fingerprint density at radius 2 is 1.57 bits per heavy atom. The molecule has 0 unspecified atom stereocenters. The van der Waals surface area contributed by atoms with Crippen molar-refractivity contribution in [2.45, 2.75) is 19.8 Å². The first-order chi connectivity index (χ1) is 10.2. The van der Waals surface area contributed by atoms with Gasteiger partial charge >= 0.3 is 0 Å². The quantitative estimate of drug-likeness (QED) is 0.814. The van der Waals surface area contributed by atoms with Crippen LogP contribution < -0.4 is 10.6 Å². The van der Waals surface area contributed by atoms with Crippen LogP contribution in [0.2, 0.25) is 0 Å². The molecule has 0 saturated heterocycles. The van der Waals surface area contributed by atoms with E-state index in [1.54, 1.807) is 0 Å². The fourth-order valence-corrected chi connectivity index (χ4v) is 1.97. The molecule has 0 fully saturated rings. The molecule has 112 valence electrons. The molecule has 1 aromatic heterocycles. The van der Waals surface area contributed by atoms with E-state index in [1.807, 2.05) is 18.2 Å². The van der Waals surface area contributed by atoms with Gasteiger partial charge in [-0.1, -0.05) is 13.0 Å². The molecule has 5 heteroatoms. The Morgan fingerprint density at radius 1 is 0.952 bits per heavy atom. The topological polar surface area (TPSA) is 37.0 Å². The van der Waals surface area contributed by atoms with Gasteiger partial charge in [-0.05, 0) is 42.7 Å². The number of hydrogen-bond acceptors (Lipinski definition) is 3. The monoisotopic (exact) mass is 291 g/mol. The van der Waals surface area contributed by atoms with Gasteiger partial charge in [0.2, 0.25) is 0 Å². The van der Waals surface area contributed by atoms with Crippen LogP contribution in [0.4, 0.5) is 20.4 Å². The molecule has 2 aromatic rings. The molecule has 1 aromatic carbocycles. The van der Waals surface area contributed by atoms with E-state index in [4.69, 9.17) is 0 Å². The number of halogens is 2. The van der Waals surface area contributed by atoms with Gasteiger partial charge in [-0.15, -0.1) is 0 Å². The SMILES string of the molecule is CCCNc1cccc(NCCc2cc(F)cc(F)c2)n1. The molecule has 0 aliphatic rings. The van der Waals surface area contributed by atoms with Crippen LogP contribution >= 0.6 is 0 Å². The van der Waals surface area contributed by atoms with Crippen molar-refractivity contribution in [3.8, 4) is 0 Å². The van der Waals surface area contributed by atoms with Crippen LogP contribution in [0.1, 0.15) is 18.9 Å². The molecular weight excluding hydrogens is 272 g/mol. The summed E-state index contributed by atoms with van der Waals surface area (Å²) in [7, 11) is 0. The molecule has 0 radical (unpaired) electrons. The maximum Gasteiger partial charge on any atom is 0.128 e. The summed E-state index contributed by atoms with van der Waals surface area (Å²) in [5, 5.41) is 6.36. The van der Waals surface area contributed by atoms with E-state index in [2.05, 4.69) is 22.5 Å². The Kier molecular flexibility index (Phi) is 5.49. The van der Waals surface area contributed by atoms with E-state index in [9.17, 15) is 8.78 Å². The molecule has 0 amide bonds. The van der Waals surface area contributed by atoms with E-state index >= 15 is 0 Å². The largest absolute Gasteiger partial charge is 0.370 e. The summed E-state index contributed by atoms with van der Waals surface area (Å²) in [5.74, 6) is 0.467. The summed E-state index contributed by atoms with van der Waals surface area (Å²) in [6.45, 7) is 3.53. The normalized spacial score (nSPS) is 10.4. The van der Waals surface area contributed by atoms with Gasteiger partial charge in [-0.25, -0.2) is 13.8 Å². The fourth-order valence-electron chi connectivity index (χ4n) is 1.97. The average Bonchev–Trinajstić information content (AvgIpc) is 2.44. The lowest BCUT2D eigenvalue weighted by atomic mass is 10.1. The van der Waals surface area contributed by atoms with Crippen molar-refractivity contribution in [2.75, 3.05) is 23.7 Å². The Balaban J connectivity index is 1.88. The van der Waals surface area contributed by atoms with E-state index in [1.165, 1.54) is 12.1 Å². The summed E-state index contributed by atoms with van der Waals surface area (Å²) < 4.78 is 26.1. The number of nitrogens with zero attached hydrogens (tertiary/aromatic N) is 1. The highest BCUT2D eigenvalue weighted by molar-refractivity contribution is 5.45. The molecule has 2 N–H and O–H groups in total. The maximum absolute atomic E-state index is 13.1. The third-order valence-corrected chi connectivity index (χ3v) is 2.95. The molecular formula is C16H19F2N3. The minimum Gasteiger partial charge on any atom is -0.370 e. The molecule has 0 atom stereocenters. The first-order valence-corrected chi connectivity index (χ1v) is 7.07. The van der Waals surface area contributed by atoms with Gasteiger partial charge < -0.3 is 10.6 Å². The highest BCUT2D eigenvalue weighted by Crippen LogP contribution is 2.11.